The highest BCUT2D eigenvalue weighted by Crippen LogP contribution is 2.49. The fourth-order valence-electron chi connectivity index (χ4n) is 6.81. The van der Waals surface area contributed by atoms with Crippen LogP contribution in [0.3, 0.4) is 0 Å². The van der Waals surface area contributed by atoms with Crippen molar-refractivity contribution in [2.24, 2.45) is 0 Å². The minimum Gasteiger partial charge on any atom is -0.475 e. The smallest absolute Gasteiger partial charge is 0.350 e. The molecule has 1 heterocycles. The molecule has 0 atom stereocenters. The summed E-state index contributed by atoms with van der Waals surface area (Å²) >= 11 is 6.23. The first-order chi connectivity index (χ1) is 19.8. The van der Waals surface area contributed by atoms with Crippen LogP contribution in [0.1, 0.15) is 81.7 Å². The number of anilines is 1. The highest BCUT2D eigenvalue weighted by molar-refractivity contribution is 6.30. The number of carbonyl (C=O) groups is 2. The van der Waals surface area contributed by atoms with Crippen LogP contribution < -0.4 is 9.64 Å². The molecular weight excluding hydrogens is 545 g/mol. The number of nitrogens with zero attached hydrogens (tertiary/aromatic N) is 3. The minimum atomic E-state index is -1.06. The lowest BCUT2D eigenvalue weighted by Gasteiger charge is -2.47. The maximum absolute atomic E-state index is 16.1. The monoisotopic (exact) mass is 579 g/mol. The molecular formula is C32H35ClFN3O4. The summed E-state index contributed by atoms with van der Waals surface area (Å²) in [5.41, 5.74) is 2.43. The van der Waals surface area contributed by atoms with E-state index in [1.165, 1.54) is 25.7 Å². The normalized spacial score (nSPS) is 18.7. The van der Waals surface area contributed by atoms with Gasteiger partial charge in [0.15, 0.2) is 5.82 Å². The highest BCUT2D eigenvalue weighted by Gasteiger charge is 2.54. The van der Waals surface area contributed by atoms with Crippen molar-refractivity contribution in [3.05, 3.63) is 70.3 Å². The molecule has 0 spiro atoms. The van der Waals surface area contributed by atoms with E-state index in [0.717, 1.165) is 62.0 Å². The molecule has 1 amide bonds. The second-order valence-electron chi connectivity index (χ2n) is 11.5. The van der Waals surface area contributed by atoms with Crippen LogP contribution in [-0.2, 0) is 32.7 Å². The summed E-state index contributed by atoms with van der Waals surface area (Å²) in [6.45, 7) is 1.51. The number of hydrogen-bond acceptors (Lipinski definition) is 5. The number of fused-ring (bicyclic) bond motifs is 1. The predicted molar refractivity (Wildman–Crippen MR) is 154 cm³/mol. The van der Waals surface area contributed by atoms with Crippen molar-refractivity contribution < 1.29 is 23.5 Å². The summed E-state index contributed by atoms with van der Waals surface area (Å²) in [6, 6.07) is 12.1. The molecule has 0 radical (unpaired) electrons. The van der Waals surface area contributed by atoms with Crippen LogP contribution in [0.5, 0.6) is 5.75 Å². The van der Waals surface area contributed by atoms with Crippen LogP contribution in [0.4, 0.5) is 10.1 Å². The third kappa shape index (κ3) is 4.90. The lowest BCUT2D eigenvalue weighted by molar-refractivity contribution is -0.151. The van der Waals surface area contributed by atoms with Crippen LogP contribution in [0.2, 0.25) is 5.02 Å². The fraction of sp³-hybridized carbons (Fsp3) is 0.469. The Morgan fingerprint density at radius 1 is 0.976 bits per heavy atom. The zero-order valence-electron chi connectivity index (χ0n) is 23.6. The molecule has 2 saturated carbocycles. The molecule has 2 aromatic carbocycles. The Balaban J connectivity index is 1.49. The predicted octanol–water partition coefficient (Wildman–Crippen LogP) is 6.84. The summed E-state index contributed by atoms with van der Waals surface area (Å²) in [5, 5.41) is 5.73. The largest absolute Gasteiger partial charge is 0.475 e. The molecule has 0 bridgehead atoms. The number of carbonyl (C=O) groups excluding carboxylic acids is 2. The fourth-order valence-corrected chi connectivity index (χ4v) is 6.94. The van der Waals surface area contributed by atoms with E-state index in [9.17, 15) is 9.59 Å². The van der Waals surface area contributed by atoms with Crippen molar-refractivity contribution >= 4 is 29.2 Å². The molecule has 41 heavy (non-hydrogen) atoms. The number of benzene rings is 2. The van der Waals surface area contributed by atoms with Crippen LogP contribution in [0, 0.1) is 5.82 Å². The van der Waals surface area contributed by atoms with E-state index < -0.39 is 22.9 Å². The second kappa shape index (κ2) is 10.8. The molecule has 2 fully saturated rings. The first-order valence-corrected chi connectivity index (χ1v) is 14.9. The quantitative estimate of drug-likeness (QED) is 0.287. The zero-order valence-corrected chi connectivity index (χ0v) is 24.3. The van der Waals surface area contributed by atoms with Crippen LogP contribution >= 0.6 is 11.6 Å². The average molecular weight is 580 g/mol. The first-order valence-electron chi connectivity index (χ1n) is 14.5. The Morgan fingerprint density at radius 3 is 2.32 bits per heavy atom. The molecule has 9 heteroatoms. The number of methoxy groups -OCH3 is 1. The van der Waals surface area contributed by atoms with Crippen LogP contribution in [0.25, 0.3) is 5.69 Å². The minimum absolute atomic E-state index is 0.197. The molecule has 0 N–H and O–H groups in total. The van der Waals surface area contributed by atoms with Gasteiger partial charge in [0.1, 0.15) is 5.75 Å². The molecule has 3 aromatic rings. The van der Waals surface area contributed by atoms with Gasteiger partial charge < -0.3 is 9.47 Å². The van der Waals surface area contributed by atoms with E-state index in [0.29, 0.717) is 30.7 Å². The Hall–Kier alpha value is -3.39. The van der Waals surface area contributed by atoms with E-state index in [2.05, 4.69) is 0 Å². The molecule has 0 saturated heterocycles. The van der Waals surface area contributed by atoms with E-state index in [4.69, 9.17) is 26.2 Å². The van der Waals surface area contributed by atoms with Gasteiger partial charge in [-0.15, -0.1) is 0 Å². The van der Waals surface area contributed by atoms with Crippen LogP contribution in [-0.4, -0.2) is 34.4 Å². The van der Waals surface area contributed by atoms with Gasteiger partial charge in [0.25, 0.3) is 0 Å². The number of hydrogen-bond donors (Lipinski definition) is 0. The van der Waals surface area contributed by atoms with E-state index in [1.807, 2.05) is 28.9 Å². The molecule has 0 unspecified atom stereocenters. The standard InChI is InChI=1S/C32H35ClFN3O4/c1-21(38)36(28-15-14-24(20-26(28)34)41-32(18-19-32)30(39)40-2)31(16-6-3-7-17-31)29-25-8-4-5-9-27(25)35-37(29)23-12-10-22(33)11-13-23/h10-15,20H,3-9,16-19H2,1-2H3. The van der Waals surface area contributed by atoms with Gasteiger partial charge in [-0.3, -0.25) is 9.69 Å². The Morgan fingerprint density at radius 2 is 1.68 bits per heavy atom. The van der Waals surface area contributed by atoms with Gasteiger partial charge in [-0.2, -0.15) is 5.10 Å². The van der Waals surface area contributed by atoms with Gasteiger partial charge in [0.2, 0.25) is 11.5 Å². The average Bonchev–Trinajstić information content (AvgIpc) is 3.65. The second-order valence-corrected chi connectivity index (χ2v) is 12.0. The van der Waals surface area contributed by atoms with Gasteiger partial charge in [-0.1, -0.05) is 30.9 Å². The topological polar surface area (TPSA) is 73.7 Å². The Kier molecular flexibility index (Phi) is 7.30. The zero-order chi connectivity index (χ0) is 28.8. The van der Waals surface area contributed by atoms with Gasteiger partial charge in [0, 0.05) is 30.9 Å². The van der Waals surface area contributed by atoms with Crippen LogP contribution in [0.15, 0.2) is 42.5 Å². The Bertz CT molecular complexity index is 1470. The maximum Gasteiger partial charge on any atom is 0.350 e. The molecule has 216 valence electrons. The number of rotatable bonds is 7. The van der Waals surface area contributed by atoms with Crippen molar-refractivity contribution in [1.29, 1.82) is 0 Å². The molecule has 7 nitrogen and oxygen atoms in total. The third-order valence-electron chi connectivity index (χ3n) is 8.83. The number of ether oxygens (including phenoxy) is 2. The Labute approximate surface area is 244 Å². The van der Waals surface area contributed by atoms with Crippen molar-refractivity contribution in [3.8, 4) is 11.4 Å². The molecule has 3 aliphatic rings. The molecule has 1 aromatic heterocycles. The van der Waals surface area contributed by atoms with E-state index in [1.54, 1.807) is 17.0 Å². The summed E-state index contributed by atoms with van der Waals surface area (Å²) < 4.78 is 28.9. The summed E-state index contributed by atoms with van der Waals surface area (Å²) in [4.78, 5) is 27.5. The van der Waals surface area contributed by atoms with Gasteiger partial charge in [-0.05, 0) is 80.5 Å². The van der Waals surface area contributed by atoms with Crippen molar-refractivity contribution in [3.63, 3.8) is 0 Å². The van der Waals surface area contributed by atoms with E-state index in [-0.39, 0.29) is 17.3 Å². The lowest BCUT2D eigenvalue weighted by Crippen LogP contribution is -2.52. The highest BCUT2D eigenvalue weighted by atomic mass is 35.5. The third-order valence-corrected chi connectivity index (χ3v) is 9.08. The number of halogens is 2. The van der Waals surface area contributed by atoms with Crippen molar-refractivity contribution in [1.82, 2.24) is 9.78 Å². The molecule has 0 aliphatic heterocycles. The summed E-state index contributed by atoms with van der Waals surface area (Å²) in [5.74, 6) is -1.04. The number of aromatic nitrogens is 2. The van der Waals surface area contributed by atoms with Crippen molar-refractivity contribution in [2.75, 3.05) is 12.0 Å². The van der Waals surface area contributed by atoms with Gasteiger partial charge in [-0.25, -0.2) is 13.9 Å². The van der Waals surface area contributed by atoms with E-state index >= 15 is 4.39 Å². The number of aryl methyl sites for hydroxylation is 1. The molecule has 3 aliphatic carbocycles. The maximum atomic E-state index is 16.1. The lowest BCUT2D eigenvalue weighted by atomic mass is 9.74. The first kappa shape index (κ1) is 27.8. The molecule has 6 rings (SSSR count). The van der Waals surface area contributed by atoms with Crippen molar-refractivity contribution in [2.45, 2.75) is 88.7 Å². The van der Waals surface area contributed by atoms with Gasteiger partial charge in [0.05, 0.1) is 35.4 Å². The summed E-state index contributed by atoms with van der Waals surface area (Å²) in [6.07, 6.45) is 9.17. The number of esters is 1. The summed E-state index contributed by atoms with van der Waals surface area (Å²) in [7, 11) is 1.32. The van der Waals surface area contributed by atoms with Gasteiger partial charge >= 0.3 is 5.97 Å². The SMILES string of the molecule is COC(=O)C1(Oc2ccc(N(C(C)=O)C3(c4c5c(nn4-c4ccc(Cl)cc4)CCCC5)CCCCC3)c(F)c2)CC1. The number of amides is 1.